The normalized spacial score (nSPS) is 16.7. The molecule has 3 rings (SSSR count). The Morgan fingerprint density at radius 1 is 1.43 bits per heavy atom. The third-order valence-corrected chi connectivity index (χ3v) is 4.34. The van der Waals surface area contributed by atoms with Crippen LogP contribution in [-0.2, 0) is 24.7 Å². The first-order valence-corrected chi connectivity index (χ1v) is 7.64. The molecule has 1 aromatic carbocycles. The molecule has 0 fully saturated rings. The summed E-state index contributed by atoms with van der Waals surface area (Å²) in [6.45, 7) is 0. The lowest BCUT2D eigenvalue weighted by molar-refractivity contribution is -0.120. The number of hydrogen-bond donors (Lipinski definition) is 1. The molecule has 1 aromatic heterocycles. The summed E-state index contributed by atoms with van der Waals surface area (Å²) in [6, 6.07) is 5.35. The highest BCUT2D eigenvalue weighted by atomic mass is 35.5. The first-order valence-electron chi connectivity index (χ1n) is 7.26. The van der Waals surface area contributed by atoms with Gasteiger partial charge in [0.25, 0.3) is 5.56 Å². The number of amides is 1. The van der Waals surface area contributed by atoms with Gasteiger partial charge >= 0.3 is 0 Å². The van der Waals surface area contributed by atoms with Gasteiger partial charge in [0, 0.05) is 19.0 Å². The van der Waals surface area contributed by atoms with Crippen LogP contribution < -0.4 is 10.9 Å². The maximum atomic E-state index is 13.3. The quantitative estimate of drug-likeness (QED) is 0.916. The van der Waals surface area contributed by atoms with Crippen LogP contribution in [0.1, 0.15) is 17.7 Å². The van der Waals surface area contributed by atoms with Crippen LogP contribution in [0, 0.1) is 11.7 Å². The zero-order chi connectivity index (χ0) is 16.6. The fourth-order valence-electron chi connectivity index (χ4n) is 2.74. The second-order valence-corrected chi connectivity index (χ2v) is 6.04. The molecule has 23 heavy (non-hydrogen) atoms. The second kappa shape index (κ2) is 6.12. The Morgan fingerprint density at radius 2 is 2.22 bits per heavy atom. The molecule has 0 saturated carbocycles. The number of nitrogens with one attached hydrogen (secondary N) is 1. The van der Waals surface area contributed by atoms with Crippen LogP contribution in [-0.4, -0.2) is 15.7 Å². The molecule has 5 nitrogen and oxygen atoms in total. The molecule has 7 heteroatoms. The average molecular weight is 336 g/mol. The molecule has 1 N–H and O–H groups in total. The van der Waals surface area contributed by atoms with Gasteiger partial charge in [0.2, 0.25) is 5.91 Å². The topological polar surface area (TPSA) is 64.0 Å². The molecular weight excluding hydrogens is 321 g/mol. The van der Waals surface area contributed by atoms with Gasteiger partial charge in [-0.1, -0.05) is 11.6 Å². The summed E-state index contributed by atoms with van der Waals surface area (Å²) in [7, 11) is 1.60. The van der Waals surface area contributed by atoms with Crippen molar-refractivity contribution in [2.45, 2.75) is 19.3 Å². The number of rotatable bonds is 2. The number of fused-ring (bicyclic) bond motifs is 1. The highest BCUT2D eigenvalue weighted by Gasteiger charge is 2.26. The summed E-state index contributed by atoms with van der Waals surface area (Å²) in [5.41, 5.74) is 1.70. The number of aryl methyl sites for hydroxylation is 2. The van der Waals surface area contributed by atoms with Gasteiger partial charge < -0.3 is 5.32 Å². The Labute approximate surface area is 137 Å². The van der Waals surface area contributed by atoms with E-state index in [9.17, 15) is 14.0 Å². The van der Waals surface area contributed by atoms with Crippen molar-refractivity contribution in [3.8, 4) is 0 Å². The van der Waals surface area contributed by atoms with Gasteiger partial charge in [-0.2, -0.15) is 5.10 Å². The van der Waals surface area contributed by atoms with E-state index < -0.39 is 5.82 Å². The lowest BCUT2D eigenvalue weighted by Crippen LogP contribution is -2.31. The maximum absolute atomic E-state index is 13.3. The highest BCUT2D eigenvalue weighted by molar-refractivity contribution is 6.33. The Kier molecular flexibility index (Phi) is 4.17. The molecule has 1 aliphatic carbocycles. The van der Waals surface area contributed by atoms with E-state index in [4.69, 9.17) is 11.6 Å². The van der Waals surface area contributed by atoms with Crippen molar-refractivity contribution < 1.29 is 9.18 Å². The lowest BCUT2D eigenvalue weighted by Gasteiger charge is -2.23. The Bertz CT molecular complexity index is 835. The summed E-state index contributed by atoms with van der Waals surface area (Å²) >= 11 is 5.96. The largest absolute Gasteiger partial charge is 0.324 e. The van der Waals surface area contributed by atoms with Crippen LogP contribution in [0.4, 0.5) is 10.1 Å². The van der Waals surface area contributed by atoms with E-state index in [-0.39, 0.29) is 28.1 Å². The predicted octanol–water partition coefficient (Wildman–Crippen LogP) is 2.32. The second-order valence-electron chi connectivity index (χ2n) is 5.63. The minimum Gasteiger partial charge on any atom is -0.324 e. The zero-order valence-corrected chi connectivity index (χ0v) is 13.2. The first kappa shape index (κ1) is 15.7. The van der Waals surface area contributed by atoms with Crippen LogP contribution in [0.5, 0.6) is 0 Å². The van der Waals surface area contributed by atoms with Gasteiger partial charge in [-0.05, 0) is 43.0 Å². The SMILES string of the molecule is Cn1nc2c(cc1=O)CC(C(=O)Nc1cc(F)ccc1Cl)CC2. The molecule has 0 bridgehead atoms. The molecule has 1 heterocycles. The van der Waals surface area contributed by atoms with Gasteiger partial charge in [-0.25, -0.2) is 9.07 Å². The van der Waals surface area contributed by atoms with Crippen LogP contribution >= 0.6 is 11.6 Å². The molecule has 0 spiro atoms. The van der Waals surface area contributed by atoms with Crippen molar-refractivity contribution in [1.82, 2.24) is 9.78 Å². The first-order chi connectivity index (χ1) is 10.9. The fourth-order valence-corrected chi connectivity index (χ4v) is 2.90. The van der Waals surface area contributed by atoms with Crippen molar-refractivity contribution in [3.05, 3.63) is 56.7 Å². The Balaban J connectivity index is 1.78. The summed E-state index contributed by atoms with van der Waals surface area (Å²) in [5, 5.41) is 7.17. The van der Waals surface area contributed by atoms with Crippen LogP contribution in [0.25, 0.3) is 0 Å². The third-order valence-electron chi connectivity index (χ3n) is 4.01. The van der Waals surface area contributed by atoms with Crippen molar-refractivity contribution in [2.24, 2.45) is 13.0 Å². The standard InChI is InChI=1S/C16H15ClFN3O2/c1-21-15(22)7-10-6-9(2-5-13(10)20-21)16(23)19-14-8-11(18)3-4-12(14)17/h3-4,7-9H,2,5-6H2,1H3,(H,19,23). The van der Waals surface area contributed by atoms with Gasteiger partial charge in [0.05, 0.1) is 16.4 Å². The number of carbonyl (C=O) groups is 1. The Morgan fingerprint density at radius 3 is 3.00 bits per heavy atom. The predicted molar refractivity (Wildman–Crippen MR) is 85.0 cm³/mol. The molecule has 1 unspecified atom stereocenters. The molecule has 1 atom stereocenters. The van der Waals surface area contributed by atoms with E-state index in [0.717, 1.165) is 11.3 Å². The van der Waals surface area contributed by atoms with E-state index in [1.807, 2.05) is 0 Å². The number of nitrogens with zero attached hydrogens (tertiary/aromatic N) is 2. The number of hydrogen-bond acceptors (Lipinski definition) is 3. The van der Waals surface area contributed by atoms with E-state index >= 15 is 0 Å². The summed E-state index contributed by atoms with van der Waals surface area (Å²) < 4.78 is 14.6. The zero-order valence-electron chi connectivity index (χ0n) is 12.5. The van der Waals surface area contributed by atoms with Gasteiger partial charge in [-0.3, -0.25) is 9.59 Å². The molecule has 1 aliphatic rings. The number of aromatic nitrogens is 2. The van der Waals surface area contributed by atoms with Crippen LogP contribution in [0.15, 0.2) is 29.1 Å². The maximum Gasteiger partial charge on any atom is 0.266 e. The van der Waals surface area contributed by atoms with Crippen molar-refractivity contribution in [3.63, 3.8) is 0 Å². The highest BCUT2D eigenvalue weighted by Crippen LogP contribution is 2.27. The van der Waals surface area contributed by atoms with Gasteiger partial charge in [0.1, 0.15) is 5.82 Å². The number of anilines is 1. The minimum absolute atomic E-state index is 0.196. The van der Waals surface area contributed by atoms with Gasteiger partial charge in [-0.15, -0.1) is 0 Å². The number of carbonyl (C=O) groups excluding carboxylic acids is 1. The summed E-state index contributed by atoms with van der Waals surface area (Å²) in [6.07, 6.45) is 1.69. The smallest absolute Gasteiger partial charge is 0.266 e. The van der Waals surface area contributed by atoms with E-state index in [1.165, 1.54) is 28.9 Å². The molecule has 0 radical (unpaired) electrons. The van der Waals surface area contributed by atoms with Crippen molar-refractivity contribution >= 4 is 23.2 Å². The molecular formula is C16H15ClFN3O2. The fraction of sp³-hybridized carbons (Fsp3) is 0.312. The molecule has 120 valence electrons. The average Bonchev–Trinajstić information content (AvgIpc) is 2.51. The number of halogens is 2. The Hall–Kier alpha value is -2.21. The van der Waals surface area contributed by atoms with Crippen molar-refractivity contribution in [2.75, 3.05) is 5.32 Å². The van der Waals surface area contributed by atoms with Crippen LogP contribution in [0.2, 0.25) is 5.02 Å². The lowest BCUT2D eigenvalue weighted by atomic mass is 9.86. The van der Waals surface area contributed by atoms with Gasteiger partial charge in [0.15, 0.2) is 0 Å². The van der Waals surface area contributed by atoms with E-state index in [0.29, 0.717) is 19.3 Å². The molecule has 2 aromatic rings. The van der Waals surface area contributed by atoms with E-state index in [2.05, 4.69) is 10.4 Å². The summed E-state index contributed by atoms with van der Waals surface area (Å²) in [5.74, 6) is -0.994. The molecule has 0 saturated heterocycles. The minimum atomic E-state index is -0.466. The van der Waals surface area contributed by atoms with Crippen molar-refractivity contribution in [1.29, 1.82) is 0 Å². The van der Waals surface area contributed by atoms with Crippen LogP contribution in [0.3, 0.4) is 0 Å². The molecule has 0 aliphatic heterocycles. The monoisotopic (exact) mass is 335 g/mol. The molecule has 1 amide bonds. The summed E-state index contributed by atoms with van der Waals surface area (Å²) in [4.78, 5) is 24.1. The van der Waals surface area contributed by atoms with E-state index in [1.54, 1.807) is 7.05 Å². The third kappa shape index (κ3) is 3.27. The number of benzene rings is 1.